The minimum atomic E-state index is -0.299. The van der Waals surface area contributed by atoms with Crippen LogP contribution in [-0.2, 0) is 20.8 Å². The maximum atomic E-state index is 12.7. The molecular formula is C19H23N3O3. The van der Waals surface area contributed by atoms with Crippen molar-refractivity contribution in [1.82, 2.24) is 9.80 Å². The fourth-order valence-corrected chi connectivity index (χ4v) is 4.21. The molecule has 3 aliphatic rings. The predicted octanol–water partition coefficient (Wildman–Crippen LogP) is 1.19. The molecule has 0 bridgehead atoms. The lowest BCUT2D eigenvalue weighted by Gasteiger charge is -2.37. The summed E-state index contributed by atoms with van der Waals surface area (Å²) in [4.78, 5) is 42.5. The molecule has 0 unspecified atom stereocenters. The van der Waals surface area contributed by atoms with Crippen molar-refractivity contribution in [2.45, 2.75) is 38.1 Å². The molecule has 132 valence electrons. The van der Waals surface area contributed by atoms with E-state index in [2.05, 4.69) is 6.07 Å². The van der Waals surface area contributed by atoms with Crippen LogP contribution in [0.15, 0.2) is 24.3 Å². The van der Waals surface area contributed by atoms with Crippen LogP contribution in [-0.4, -0.2) is 59.7 Å². The van der Waals surface area contributed by atoms with Gasteiger partial charge < -0.3 is 14.7 Å². The van der Waals surface area contributed by atoms with Gasteiger partial charge in [0.2, 0.25) is 17.7 Å². The minimum Gasteiger partial charge on any atom is -0.331 e. The summed E-state index contributed by atoms with van der Waals surface area (Å²) in [5.74, 6) is 0.0445. The van der Waals surface area contributed by atoms with Gasteiger partial charge in [0, 0.05) is 31.7 Å². The molecular weight excluding hydrogens is 318 g/mol. The Kier molecular flexibility index (Phi) is 4.19. The normalized spacial score (nSPS) is 22.9. The molecule has 3 amide bonds. The lowest BCUT2D eigenvalue weighted by molar-refractivity contribution is -0.153. The van der Waals surface area contributed by atoms with Crippen molar-refractivity contribution in [3.8, 4) is 0 Å². The van der Waals surface area contributed by atoms with Crippen LogP contribution in [0.5, 0.6) is 0 Å². The number of para-hydroxylation sites is 1. The first-order valence-electron chi connectivity index (χ1n) is 9.11. The van der Waals surface area contributed by atoms with Gasteiger partial charge in [-0.05, 0) is 37.3 Å². The van der Waals surface area contributed by atoms with Crippen LogP contribution in [0.1, 0.15) is 31.2 Å². The molecule has 0 saturated carbocycles. The molecule has 3 aliphatic heterocycles. The van der Waals surface area contributed by atoms with E-state index < -0.39 is 0 Å². The highest BCUT2D eigenvalue weighted by atomic mass is 16.2. The highest BCUT2D eigenvalue weighted by Crippen LogP contribution is 2.28. The maximum Gasteiger partial charge on any atom is 0.245 e. The monoisotopic (exact) mass is 341 g/mol. The number of hydrogen-bond donors (Lipinski definition) is 0. The smallest absolute Gasteiger partial charge is 0.245 e. The summed E-state index contributed by atoms with van der Waals surface area (Å²) in [5, 5.41) is 0. The van der Waals surface area contributed by atoms with Gasteiger partial charge >= 0.3 is 0 Å². The molecule has 6 nitrogen and oxygen atoms in total. The molecule has 2 fully saturated rings. The molecule has 25 heavy (non-hydrogen) atoms. The maximum absolute atomic E-state index is 12.7. The SMILES string of the molecule is O=C1[C@@H]2CCCN2C(=O)CN1CCC(=O)N1CCCc2ccccc21. The van der Waals surface area contributed by atoms with Crippen LogP contribution in [0.25, 0.3) is 0 Å². The van der Waals surface area contributed by atoms with E-state index in [0.717, 1.165) is 37.9 Å². The van der Waals surface area contributed by atoms with Crippen molar-refractivity contribution in [3.05, 3.63) is 29.8 Å². The Morgan fingerprint density at radius 1 is 1.12 bits per heavy atom. The van der Waals surface area contributed by atoms with Gasteiger partial charge in [-0.15, -0.1) is 0 Å². The first-order chi connectivity index (χ1) is 12.1. The van der Waals surface area contributed by atoms with Crippen LogP contribution in [0.4, 0.5) is 5.69 Å². The van der Waals surface area contributed by atoms with Crippen LogP contribution < -0.4 is 4.90 Å². The number of amides is 3. The van der Waals surface area contributed by atoms with Crippen LogP contribution >= 0.6 is 0 Å². The van der Waals surface area contributed by atoms with E-state index in [9.17, 15) is 14.4 Å². The lowest BCUT2D eigenvalue weighted by atomic mass is 10.0. The van der Waals surface area contributed by atoms with Gasteiger partial charge in [0.1, 0.15) is 6.04 Å². The number of nitrogens with zero attached hydrogens (tertiary/aromatic N) is 3. The van der Waals surface area contributed by atoms with Crippen LogP contribution in [0.3, 0.4) is 0 Å². The van der Waals surface area contributed by atoms with E-state index in [1.54, 1.807) is 9.80 Å². The second kappa shape index (κ2) is 6.50. The molecule has 0 radical (unpaired) electrons. The quantitative estimate of drug-likeness (QED) is 0.830. The Balaban J connectivity index is 1.41. The summed E-state index contributed by atoms with van der Waals surface area (Å²) in [6.45, 7) is 1.84. The molecule has 0 aliphatic carbocycles. The molecule has 1 atom stereocenters. The van der Waals surface area contributed by atoms with Crippen molar-refractivity contribution in [1.29, 1.82) is 0 Å². The zero-order chi connectivity index (χ0) is 17.4. The Hall–Kier alpha value is -2.37. The van der Waals surface area contributed by atoms with Crippen molar-refractivity contribution in [2.24, 2.45) is 0 Å². The fraction of sp³-hybridized carbons (Fsp3) is 0.526. The van der Waals surface area contributed by atoms with Crippen LogP contribution in [0, 0.1) is 0 Å². The number of fused-ring (bicyclic) bond motifs is 2. The number of benzene rings is 1. The van der Waals surface area contributed by atoms with E-state index in [-0.39, 0.29) is 36.7 Å². The van der Waals surface area contributed by atoms with Crippen molar-refractivity contribution in [3.63, 3.8) is 0 Å². The van der Waals surface area contributed by atoms with Gasteiger partial charge in [0.25, 0.3) is 0 Å². The minimum absolute atomic E-state index is 0.00365. The molecule has 0 N–H and O–H groups in total. The number of aryl methyl sites for hydroxylation is 1. The third-order valence-electron chi connectivity index (χ3n) is 5.50. The Morgan fingerprint density at radius 3 is 2.84 bits per heavy atom. The summed E-state index contributed by atoms with van der Waals surface area (Å²) in [7, 11) is 0. The average Bonchev–Trinajstić information content (AvgIpc) is 3.13. The molecule has 1 aromatic rings. The molecule has 4 rings (SSSR count). The molecule has 0 spiro atoms. The Labute approximate surface area is 147 Å². The summed E-state index contributed by atoms with van der Waals surface area (Å²) >= 11 is 0. The molecule has 0 aromatic heterocycles. The van der Waals surface area contributed by atoms with E-state index >= 15 is 0 Å². The van der Waals surface area contributed by atoms with Gasteiger partial charge in [-0.25, -0.2) is 0 Å². The summed E-state index contributed by atoms with van der Waals surface area (Å²) in [6.07, 6.45) is 3.85. The third kappa shape index (κ3) is 2.90. The summed E-state index contributed by atoms with van der Waals surface area (Å²) < 4.78 is 0. The third-order valence-corrected chi connectivity index (χ3v) is 5.50. The van der Waals surface area contributed by atoms with Crippen LogP contribution in [0.2, 0.25) is 0 Å². The number of rotatable bonds is 3. The standard InChI is InChI=1S/C19H23N3O3/c23-17(21-10-3-6-14-5-1-2-7-15(14)21)9-12-20-13-18(24)22-11-4-8-16(22)19(20)25/h1-2,5,7,16H,3-4,6,8-13H2/t16-/m0/s1. The number of carbonyl (C=O) groups is 3. The van der Waals surface area contributed by atoms with E-state index in [4.69, 9.17) is 0 Å². The lowest BCUT2D eigenvalue weighted by Crippen LogP contribution is -2.57. The molecule has 6 heteroatoms. The number of piperazine rings is 1. The molecule has 1 aromatic carbocycles. The topological polar surface area (TPSA) is 60.9 Å². The number of carbonyl (C=O) groups excluding carboxylic acids is 3. The zero-order valence-corrected chi connectivity index (χ0v) is 14.3. The van der Waals surface area contributed by atoms with Gasteiger partial charge in [-0.3, -0.25) is 14.4 Å². The van der Waals surface area contributed by atoms with E-state index in [1.807, 2.05) is 23.1 Å². The van der Waals surface area contributed by atoms with Crippen molar-refractivity contribution >= 4 is 23.4 Å². The number of hydrogen-bond acceptors (Lipinski definition) is 3. The first-order valence-corrected chi connectivity index (χ1v) is 9.11. The molecule has 3 heterocycles. The van der Waals surface area contributed by atoms with E-state index in [1.165, 1.54) is 5.56 Å². The average molecular weight is 341 g/mol. The van der Waals surface area contributed by atoms with Crippen molar-refractivity contribution in [2.75, 3.05) is 31.1 Å². The van der Waals surface area contributed by atoms with Gasteiger partial charge in [0.05, 0.1) is 6.54 Å². The van der Waals surface area contributed by atoms with Gasteiger partial charge in [0.15, 0.2) is 0 Å². The van der Waals surface area contributed by atoms with Crippen molar-refractivity contribution < 1.29 is 14.4 Å². The molecule has 2 saturated heterocycles. The van der Waals surface area contributed by atoms with Gasteiger partial charge in [-0.2, -0.15) is 0 Å². The summed E-state index contributed by atoms with van der Waals surface area (Å²) in [5.41, 5.74) is 2.19. The summed E-state index contributed by atoms with van der Waals surface area (Å²) in [6, 6.07) is 7.70. The fourth-order valence-electron chi connectivity index (χ4n) is 4.21. The Morgan fingerprint density at radius 2 is 1.96 bits per heavy atom. The highest BCUT2D eigenvalue weighted by molar-refractivity contribution is 5.97. The number of anilines is 1. The largest absolute Gasteiger partial charge is 0.331 e. The predicted molar refractivity (Wildman–Crippen MR) is 93.0 cm³/mol. The van der Waals surface area contributed by atoms with E-state index in [0.29, 0.717) is 13.1 Å². The second-order valence-electron chi connectivity index (χ2n) is 7.03. The highest BCUT2D eigenvalue weighted by Gasteiger charge is 2.41. The first kappa shape index (κ1) is 16.1. The Bertz CT molecular complexity index is 718. The zero-order valence-electron chi connectivity index (χ0n) is 14.3. The second-order valence-corrected chi connectivity index (χ2v) is 7.03. The van der Waals surface area contributed by atoms with Gasteiger partial charge in [-0.1, -0.05) is 18.2 Å².